The zero-order chi connectivity index (χ0) is 10.7. The average molecular weight is 210 g/mol. The number of carboxylic acid groups (broad SMARTS) is 1. The molecule has 0 radical (unpaired) electrons. The molecule has 1 aromatic heterocycles. The van der Waals surface area contributed by atoms with Crippen LogP contribution in [0.3, 0.4) is 0 Å². The number of nitrogens with zero attached hydrogens (tertiary/aromatic N) is 4. The van der Waals surface area contributed by atoms with Crippen LogP contribution in [0.5, 0.6) is 0 Å². The summed E-state index contributed by atoms with van der Waals surface area (Å²) in [4.78, 5) is 10.8. The highest BCUT2D eigenvalue weighted by molar-refractivity contribution is 5.82. The van der Waals surface area contributed by atoms with Crippen LogP contribution in [-0.2, 0) is 6.54 Å². The number of carboxylic acids is 1. The van der Waals surface area contributed by atoms with Crippen LogP contribution < -0.4 is 0 Å². The van der Waals surface area contributed by atoms with E-state index in [9.17, 15) is 4.79 Å². The molecular formula is C9H14N4O2. The lowest BCUT2D eigenvalue weighted by molar-refractivity contribution is 0.0674. The molecule has 0 bridgehead atoms. The number of carbonyl (C=O) groups is 1. The highest BCUT2D eigenvalue weighted by Gasteiger charge is 2.19. The van der Waals surface area contributed by atoms with Crippen LogP contribution in [0, 0.1) is 5.92 Å². The molecule has 6 heteroatoms. The molecule has 1 aliphatic rings. The summed E-state index contributed by atoms with van der Waals surface area (Å²) in [6, 6.07) is 0. The van der Waals surface area contributed by atoms with Gasteiger partial charge in [0.1, 0.15) is 0 Å². The molecule has 1 heterocycles. The molecule has 0 saturated heterocycles. The Bertz CT molecular complexity index is 344. The third kappa shape index (κ3) is 2.31. The average Bonchev–Trinajstić information content (AvgIpc) is 2.67. The van der Waals surface area contributed by atoms with Gasteiger partial charge >= 0.3 is 5.97 Å². The number of aromatic carboxylic acids is 1. The Morgan fingerprint density at radius 1 is 1.40 bits per heavy atom. The highest BCUT2D eigenvalue weighted by Crippen LogP contribution is 2.24. The smallest absolute Gasteiger partial charge is 0.375 e. The Morgan fingerprint density at radius 3 is 2.80 bits per heavy atom. The molecule has 6 nitrogen and oxygen atoms in total. The van der Waals surface area contributed by atoms with Crippen LogP contribution in [0.1, 0.15) is 42.7 Å². The fourth-order valence-electron chi connectivity index (χ4n) is 2.10. The van der Waals surface area contributed by atoms with Gasteiger partial charge in [-0.1, -0.05) is 19.3 Å². The van der Waals surface area contributed by atoms with Gasteiger partial charge in [-0.15, -0.1) is 5.10 Å². The Labute approximate surface area is 87.3 Å². The molecule has 1 saturated carbocycles. The van der Waals surface area contributed by atoms with Crippen molar-refractivity contribution in [1.82, 2.24) is 20.2 Å². The van der Waals surface area contributed by atoms with Crippen molar-refractivity contribution in [2.45, 2.75) is 38.6 Å². The van der Waals surface area contributed by atoms with E-state index in [1.165, 1.54) is 23.9 Å². The van der Waals surface area contributed by atoms with E-state index in [0.717, 1.165) is 12.8 Å². The summed E-state index contributed by atoms with van der Waals surface area (Å²) < 4.78 is 1.40. The molecule has 2 rings (SSSR count). The van der Waals surface area contributed by atoms with Crippen LogP contribution in [0.4, 0.5) is 0 Å². The van der Waals surface area contributed by atoms with Crippen LogP contribution >= 0.6 is 0 Å². The Balaban J connectivity index is 2.03. The fourth-order valence-corrected chi connectivity index (χ4v) is 2.10. The van der Waals surface area contributed by atoms with Crippen LogP contribution in [0.25, 0.3) is 0 Å². The van der Waals surface area contributed by atoms with Crippen molar-refractivity contribution in [2.24, 2.45) is 5.92 Å². The first-order valence-corrected chi connectivity index (χ1v) is 5.27. The quantitative estimate of drug-likeness (QED) is 0.803. The molecule has 1 N–H and O–H groups in total. The van der Waals surface area contributed by atoms with Crippen molar-refractivity contribution in [3.63, 3.8) is 0 Å². The van der Waals surface area contributed by atoms with Gasteiger partial charge in [0.25, 0.3) is 5.82 Å². The van der Waals surface area contributed by atoms with Gasteiger partial charge in [-0.2, -0.15) is 0 Å². The second-order valence-electron chi connectivity index (χ2n) is 3.99. The lowest BCUT2D eigenvalue weighted by atomic mass is 9.89. The maximum Gasteiger partial charge on any atom is 0.375 e. The largest absolute Gasteiger partial charge is 0.475 e. The molecular weight excluding hydrogens is 196 g/mol. The Hall–Kier alpha value is -1.46. The third-order valence-corrected chi connectivity index (χ3v) is 2.88. The topological polar surface area (TPSA) is 80.9 Å². The van der Waals surface area contributed by atoms with E-state index < -0.39 is 5.97 Å². The first-order valence-electron chi connectivity index (χ1n) is 5.27. The maximum atomic E-state index is 10.8. The second kappa shape index (κ2) is 4.37. The summed E-state index contributed by atoms with van der Waals surface area (Å²) in [6.45, 7) is 0.634. The number of rotatable bonds is 3. The number of tetrazole rings is 1. The monoisotopic (exact) mass is 210 g/mol. The van der Waals surface area contributed by atoms with E-state index in [1.54, 1.807) is 0 Å². The van der Waals surface area contributed by atoms with Crippen molar-refractivity contribution in [1.29, 1.82) is 0 Å². The van der Waals surface area contributed by atoms with Gasteiger partial charge < -0.3 is 5.11 Å². The van der Waals surface area contributed by atoms with Crippen LogP contribution in [0.2, 0.25) is 0 Å². The molecule has 0 aliphatic heterocycles. The predicted octanol–water partition coefficient (Wildman–Crippen LogP) is 0.952. The second-order valence-corrected chi connectivity index (χ2v) is 3.99. The van der Waals surface area contributed by atoms with Gasteiger partial charge in [0, 0.05) is 6.54 Å². The number of hydrogen-bond acceptors (Lipinski definition) is 4. The molecule has 0 spiro atoms. The molecule has 82 valence electrons. The van der Waals surface area contributed by atoms with Gasteiger partial charge in [-0.25, -0.2) is 9.48 Å². The van der Waals surface area contributed by atoms with Gasteiger partial charge in [0.2, 0.25) is 0 Å². The Morgan fingerprint density at radius 2 is 2.13 bits per heavy atom. The molecule has 1 aliphatic carbocycles. The zero-order valence-electron chi connectivity index (χ0n) is 8.46. The zero-order valence-corrected chi connectivity index (χ0v) is 8.46. The predicted molar refractivity (Wildman–Crippen MR) is 51.4 cm³/mol. The number of aromatic nitrogens is 4. The van der Waals surface area contributed by atoms with Crippen LogP contribution in [0.15, 0.2) is 0 Å². The minimum Gasteiger partial charge on any atom is -0.475 e. The van der Waals surface area contributed by atoms with Gasteiger partial charge in [-0.05, 0) is 29.2 Å². The standard InChI is InChI=1S/C9H14N4O2/c14-9(15)8-10-11-12-13(8)6-7-4-2-1-3-5-7/h7H,1-6H2,(H,14,15). The van der Waals surface area contributed by atoms with E-state index in [0.29, 0.717) is 12.5 Å². The van der Waals surface area contributed by atoms with Gasteiger partial charge in [0.05, 0.1) is 0 Å². The van der Waals surface area contributed by atoms with Crippen molar-refractivity contribution in [3.8, 4) is 0 Å². The maximum absolute atomic E-state index is 10.8. The van der Waals surface area contributed by atoms with Crippen LogP contribution in [-0.4, -0.2) is 31.3 Å². The Kier molecular flexibility index (Phi) is 2.94. The van der Waals surface area contributed by atoms with Crippen molar-refractivity contribution in [3.05, 3.63) is 5.82 Å². The lowest BCUT2D eigenvalue weighted by Gasteiger charge is -2.20. The summed E-state index contributed by atoms with van der Waals surface area (Å²) >= 11 is 0. The SMILES string of the molecule is O=C(O)c1nnnn1CC1CCCCC1. The first-order chi connectivity index (χ1) is 7.27. The van der Waals surface area contributed by atoms with Gasteiger partial charge in [0.15, 0.2) is 0 Å². The normalized spacial score (nSPS) is 17.9. The van der Waals surface area contributed by atoms with Crippen molar-refractivity contribution < 1.29 is 9.90 Å². The summed E-state index contributed by atoms with van der Waals surface area (Å²) in [7, 11) is 0. The van der Waals surface area contributed by atoms with Crippen molar-refractivity contribution >= 4 is 5.97 Å². The number of hydrogen-bond donors (Lipinski definition) is 1. The summed E-state index contributed by atoms with van der Waals surface area (Å²) in [5, 5.41) is 19.4. The minimum atomic E-state index is -1.06. The minimum absolute atomic E-state index is 0.0550. The molecule has 1 fully saturated rings. The molecule has 0 aromatic carbocycles. The summed E-state index contributed by atoms with van der Waals surface area (Å²) in [5.41, 5.74) is 0. The van der Waals surface area contributed by atoms with Crippen molar-refractivity contribution in [2.75, 3.05) is 0 Å². The molecule has 0 amide bonds. The summed E-state index contributed by atoms with van der Waals surface area (Å²) in [6.07, 6.45) is 6.06. The van der Waals surface area contributed by atoms with E-state index >= 15 is 0 Å². The lowest BCUT2D eigenvalue weighted by Crippen LogP contribution is -2.19. The van der Waals surface area contributed by atoms with E-state index in [4.69, 9.17) is 5.11 Å². The van der Waals surface area contributed by atoms with E-state index in [1.807, 2.05) is 0 Å². The van der Waals surface area contributed by atoms with E-state index in [2.05, 4.69) is 15.5 Å². The fraction of sp³-hybridized carbons (Fsp3) is 0.778. The molecule has 0 unspecified atom stereocenters. The molecule has 15 heavy (non-hydrogen) atoms. The van der Waals surface area contributed by atoms with Gasteiger partial charge in [-0.3, -0.25) is 0 Å². The third-order valence-electron chi connectivity index (χ3n) is 2.88. The highest BCUT2D eigenvalue weighted by atomic mass is 16.4. The summed E-state index contributed by atoms with van der Waals surface area (Å²) in [5.74, 6) is -0.586. The molecule has 1 aromatic rings. The first kappa shape index (κ1) is 10.1. The molecule has 0 atom stereocenters. The van der Waals surface area contributed by atoms with E-state index in [-0.39, 0.29) is 5.82 Å².